The molecule has 15 heteroatoms. The Morgan fingerprint density at radius 2 is 1.68 bits per heavy atom. The Labute approximate surface area is 208 Å². The molecule has 0 radical (unpaired) electrons. The van der Waals surface area contributed by atoms with Crippen LogP contribution in [-0.2, 0) is 28.7 Å². The Bertz CT molecular complexity index is 931. The van der Waals surface area contributed by atoms with Gasteiger partial charge in [0.15, 0.2) is 5.78 Å². The second-order valence-corrected chi connectivity index (χ2v) is 10.2. The van der Waals surface area contributed by atoms with Gasteiger partial charge in [0.2, 0.25) is 11.8 Å². The van der Waals surface area contributed by atoms with Crippen molar-refractivity contribution in [2.45, 2.75) is 81.8 Å². The van der Waals surface area contributed by atoms with Crippen LogP contribution < -0.4 is 21.3 Å². The molecule has 0 aromatic heterocycles. The van der Waals surface area contributed by atoms with Crippen LogP contribution >= 0.6 is 0 Å². The van der Waals surface area contributed by atoms with Crippen LogP contribution in [0.4, 0.5) is 22.0 Å². The van der Waals surface area contributed by atoms with Crippen molar-refractivity contribution in [1.82, 2.24) is 21.3 Å². The van der Waals surface area contributed by atoms with Crippen molar-refractivity contribution in [2.75, 3.05) is 13.2 Å². The predicted molar refractivity (Wildman–Crippen MR) is 115 cm³/mol. The van der Waals surface area contributed by atoms with E-state index in [-0.39, 0.29) is 18.8 Å². The molecular formula is C22H29F5N4O6. The third-order valence-electron chi connectivity index (χ3n) is 6.57. The van der Waals surface area contributed by atoms with E-state index in [1.807, 2.05) is 0 Å². The molecular weight excluding hydrogens is 511 g/mol. The maximum Gasteiger partial charge on any atom is 0.522 e. The number of nitrogens with one attached hydrogen (secondary N) is 4. The van der Waals surface area contributed by atoms with E-state index in [2.05, 4.69) is 26.0 Å². The lowest BCUT2D eigenvalue weighted by atomic mass is 9.75. The zero-order valence-electron chi connectivity index (χ0n) is 20.0. The molecule has 0 spiro atoms. The van der Waals surface area contributed by atoms with Gasteiger partial charge in [-0.05, 0) is 32.1 Å². The second-order valence-electron chi connectivity index (χ2n) is 10.2. The van der Waals surface area contributed by atoms with E-state index >= 15 is 0 Å². The summed E-state index contributed by atoms with van der Waals surface area (Å²) in [5, 5.41) is 9.28. The lowest BCUT2D eigenvalue weighted by Crippen LogP contribution is -2.63. The molecule has 3 atom stereocenters. The van der Waals surface area contributed by atoms with Gasteiger partial charge in [0, 0.05) is 30.8 Å². The molecule has 208 valence electrons. The predicted octanol–water partition coefficient (Wildman–Crippen LogP) is 0.692. The average Bonchev–Trinajstić information content (AvgIpc) is 3.48. The molecule has 3 aliphatic rings. The Balaban J connectivity index is 1.65. The van der Waals surface area contributed by atoms with Gasteiger partial charge in [0.05, 0.1) is 6.04 Å². The Hall–Kier alpha value is -2.84. The van der Waals surface area contributed by atoms with Gasteiger partial charge in [0.25, 0.3) is 5.92 Å². The summed E-state index contributed by atoms with van der Waals surface area (Å²) >= 11 is 0. The molecule has 0 aromatic rings. The number of hydrogen-bond acceptors (Lipinski definition) is 6. The minimum atomic E-state index is -5.09. The summed E-state index contributed by atoms with van der Waals surface area (Å²) in [6, 6.07) is -2.84. The number of hydrogen-bond donors (Lipinski definition) is 4. The molecule has 1 aliphatic heterocycles. The summed E-state index contributed by atoms with van der Waals surface area (Å²) in [6.07, 6.45) is -4.80. The molecule has 4 amide bonds. The quantitative estimate of drug-likeness (QED) is 0.224. The van der Waals surface area contributed by atoms with Crippen LogP contribution in [-0.4, -0.2) is 72.5 Å². The molecule has 0 aromatic carbocycles. The van der Waals surface area contributed by atoms with Gasteiger partial charge >= 0.3 is 18.2 Å². The van der Waals surface area contributed by atoms with Crippen molar-refractivity contribution in [2.24, 2.45) is 11.8 Å². The lowest BCUT2D eigenvalue weighted by Gasteiger charge is -2.45. The van der Waals surface area contributed by atoms with E-state index in [1.54, 1.807) is 0 Å². The topological polar surface area (TPSA) is 143 Å². The van der Waals surface area contributed by atoms with Crippen molar-refractivity contribution in [3.63, 3.8) is 0 Å². The number of carbonyl (C=O) groups excluding carboxylic acids is 5. The smallest absolute Gasteiger partial charge is 0.356 e. The van der Waals surface area contributed by atoms with Crippen molar-refractivity contribution in [3.8, 4) is 0 Å². The number of ketones is 1. The Morgan fingerprint density at radius 1 is 1.03 bits per heavy atom. The van der Waals surface area contributed by atoms with Crippen LogP contribution in [0, 0.1) is 11.8 Å². The standard InChI is InChI=1S/C22H29F5N4O6/c1-20(9-21(23,24)10-20)31-19(36)18(35)30-14(6-11-2-3-11)17(34)29-13(7-12-4-5-28-16(12)33)15(32)8-37-22(25,26)27/h11-14H,2-10H2,1H3,(H,28,33)(H,29,34)(H,30,35)(H,31,36). The molecule has 10 nitrogen and oxygen atoms in total. The average molecular weight is 540 g/mol. The summed E-state index contributed by atoms with van der Waals surface area (Å²) in [4.78, 5) is 62.1. The van der Waals surface area contributed by atoms with Crippen LogP contribution in [0.25, 0.3) is 0 Å². The van der Waals surface area contributed by atoms with E-state index in [1.165, 1.54) is 6.92 Å². The van der Waals surface area contributed by atoms with Gasteiger partial charge in [-0.3, -0.25) is 28.7 Å². The molecule has 2 saturated carbocycles. The minimum absolute atomic E-state index is 0.0327. The maximum atomic E-state index is 13.2. The van der Waals surface area contributed by atoms with Crippen molar-refractivity contribution >= 4 is 29.4 Å². The summed E-state index contributed by atoms with van der Waals surface area (Å²) in [6.45, 7) is 0.258. The zero-order valence-corrected chi connectivity index (χ0v) is 20.0. The molecule has 3 rings (SSSR count). The highest BCUT2D eigenvalue weighted by atomic mass is 19.4. The van der Waals surface area contributed by atoms with E-state index < -0.39 is 84.7 Å². The van der Waals surface area contributed by atoms with Crippen LogP contribution in [0.1, 0.15) is 51.9 Å². The van der Waals surface area contributed by atoms with Crippen LogP contribution in [0.2, 0.25) is 0 Å². The zero-order chi connectivity index (χ0) is 27.6. The first-order valence-electron chi connectivity index (χ1n) is 11.9. The summed E-state index contributed by atoms with van der Waals surface area (Å²) in [5.74, 6) is -8.61. The second kappa shape index (κ2) is 10.9. The summed E-state index contributed by atoms with van der Waals surface area (Å²) in [5.41, 5.74) is -1.29. The first kappa shape index (κ1) is 28.7. The molecule has 0 bridgehead atoms. The van der Waals surface area contributed by atoms with E-state index in [0.29, 0.717) is 13.0 Å². The molecule has 1 saturated heterocycles. The monoisotopic (exact) mass is 540 g/mol. The van der Waals surface area contributed by atoms with Gasteiger partial charge in [-0.15, -0.1) is 13.2 Å². The SMILES string of the molecule is CC1(NC(=O)C(=O)NC(CC2CC2)C(=O)NC(CC2CCNC2=O)C(=O)COC(F)(F)F)CC(F)(F)C1. The highest BCUT2D eigenvalue weighted by molar-refractivity contribution is 6.35. The van der Waals surface area contributed by atoms with Gasteiger partial charge < -0.3 is 21.3 Å². The molecule has 1 heterocycles. The van der Waals surface area contributed by atoms with E-state index in [0.717, 1.165) is 12.8 Å². The maximum absolute atomic E-state index is 13.2. The number of halogens is 5. The van der Waals surface area contributed by atoms with Gasteiger partial charge in [-0.25, -0.2) is 8.78 Å². The fourth-order valence-corrected chi connectivity index (χ4v) is 4.60. The molecule has 2 aliphatic carbocycles. The molecule has 4 N–H and O–H groups in total. The summed E-state index contributed by atoms with van der Waals surface area (Å²) < 4.78 is 67.3. The fraction of sp³-hybridized carbons (Fsp3) is 0.773. The Kier molecular flexibility index (Phi) is 8.44. The number of rotatable bonds is 11. The first-order chi connectivity index (χ1) is 17.1. The van der Waals surface area contributed by atoms with Crippen LogP contribution in [0.5, 0.6) is 0 Å². The third kappa shape index (κ3) is 8.61. The molecule has 37 heavy (non-hydrogen) atoms. The number of amides is 4. The van der Waals surface area contributed by atoms with Gasteiger partial charge in [-0.1, -0.05) is 12.8 Å². The van der Waals surface area contributed by atoms with Crippen molar-refractivity contribution < 1.29 is 50.7 Å². The lowest BCUT2D eigenvalue weighted by molar-refractivity contribution is -0.321. The third-order valence-corrected chi connectivity index (χ3v) is 6.57. The largest absolute Gasteiger partial charge is 0.522 e. The normalized spacial score (nSPS) is 23.7. The van der Waals surface area contributed by atoms with E-state index in [9.17, 15) is 45.9 Å². The number of ether oxygens (including phenoxy) is 1. The first-order valence-corrected chi connectivity index (χ1v) is 11.9. The van der Waals surface area contributed by atoms with Crippen LogP contribution in [0.3, 0.4) is 0 Å². The van der Waals surface area contributed by atoms with Gasteiger partial charge in [0.1, 0.15) is 12.6 Å². The van der Waals surface area contributed by atoms with Crippen molar-refractivity contribution in [1.29, 1.82) is 0 Å². The number of alkyl halides is 5. The summed E-state index contributed by atoms with van der Waals surface area (Å²) in [7, 11) is 0. The minimum Gasteiger partial charge on any atom is -0.356 e. The highest BCUT2D eigenvalue weighted by Crippen LogP contribution is 2.45. The van der Waals surface area contributed by atoms with E-state index in [4.69, 9.17) is 0 Å². The molecule has 3 unspecified atom stereocenters. The number of carbonyl (C=O) groups is 5. The number of Topliss-reactive ketones (excluding diaryl/α,β-unsaturated/α-hetero) is 1. The van der Waals surface area contributed by atoms with Gasteiger partial charge in [-0.2, -0.15) is 0 Å². The Morgan fingerprint density at radius 3 is 2.19 bits per heavy atom. The highest BCUT2D eigenvalue weighted by Gasteiger charge is 2.55. The fourth-order valence-electron chi connectivity index (χ4n) is 4.60. The molecule has 3 fully saturated rings. The van der Waals surface area contributed by atoms with Crippen molar-refractivity contribution in [3.05, 3.63) is 0 Å². The van der Waals surface area contributed by atoms with Crippen LogP contribution in [0.15, 0.2) is 0 Å².